The smallest absolute Gasteiger partial charge is 0.384 e. The summed E-state index contributed by atoms with van der Waals surface area (Å²) >= 11 is 0. The van der Waals surface area contributed by atoms with E-state index in [2.05, 4.69) is 24.2 Å². The summed E-state index contributed by atoms with van der Waals surface area (Å²) in [5, 5.41) is 2.65. The molecule has 2 aliphatic rings. The number of ether oxygens (including phenoxy) is 2. The first-order valence-corrected chi connectivity index (χ1v) is 9.12. The fourth-order valence-corrected chi connectivity index (χ4v) is 3.06. The molecule has 142 valence electrons. The van der Waals surface area contributed by atoms with Crippen molar-refractivity contribution in [3.8, 4) is 0 Å². The number of hydrogen-bond donors (Lipinski definition) is 1. The van der Waals surface area contributed by atoms with Gasteiger partial charge in [-0.2, -0.15) is 0 Å². The number of nitrogens with zero attached hydrogens (tertiary/aromatic N) is 2. The van der Waals surface area contributed by atoms with E-state index in [1.165, 1.54) is 0 Å². The van der Waals surface area contributed by atoms with Crippen molar-refractivity contribution in [2.75, 3.05) is 13.1 Å². The van der Waals surface area contributed by atoms with Crippen molar-refractivity contribution in [1.82, 2.24) is 10.2 Å². The van der Waals surface area contributed by atoms with Gasteiger partial charge in [0, 0.05) is 13.0 Å². The van der Waals surface area contributed by atoms with E-state index in [0.29, 0.717) is 25.0 Å². The molecule has 0 aromatic rings. The maximum atomic E-state index is 12.2. The molecule has 0 aliphatic carbocycles. The molecule has 0 saturated carbocycles. The van der Waals surface area contributed by atoms with E-state index in [1.807, 2.05) is 20.8 Å². The maximum Gasteiger partial charge on any atom is 0.384 e. The van der Waals surface area contributed by atoms with Crippen molar-refractivity contribution in [3.63, 3.8) is 0 Å². The molecule has 25 heavy (non-hydrogen) atoms. The molecule has 7 nitrogen and oxygen atoms in total. The second-order valence-electron chi connectivity index (χ2n) is 7.98. The monoisotopic (exact) mass is 353 g/mol. The van der Waals surface area contributed by atoms with Gasteiger partial charge in [0.1, 0.15) is 17.7 Å². The molecular weight excluding hydrogens is 322 g/mol. The summed E-state index contributed by atoms with van der Waals surface area (Å²) in [4.78, 5) is 30.1. The highest BCUT2D eigenvalue weighted by Crippen LogP contribution is 2.27. The lowest BCUT2D eigenvalue weighted by Gasteiger charge is -2.32. The Labute approximate surface area is 150 Å². The second-order valence-corrected chi connectivity index (χ2v) is 7.98. The maximum absolute atomic E-state index is 12.2. The zero-order chi connectivity index (χ0) is 18.8. The topological polar surface area (TPSA) is 80.2 Å². The van der Waals surface area contributed by atoms with E-state index in [0.717, 1.165) is 6.42 Å². The van der Waals surface area contributed by atoms with Crippen molar-refractivity contribution in [3.05, 3.63) is 0 Å². The predicted octanol–water partition coefficient (Wildman–Crippen LogP) is 1.71. The fourth-order valence-electron chi connectivity index (χ4n) is 3.06. The normalized spacial score (nSPS) is 28.3. The van der Waals surface area contributed by atoms with Gasteiger partial charge < -0.3 is 19.7 Å². The highest BCUT2D eigenvalue weighted by molar-refractivity contribution is 5.94. The van der Waals surface area contributed by atoms with E-state index in [9.17, 15) is 9.59 Å². The van der Waals surface area contributed by atoms with E-state index >= 15 is 0 Å². The summed E-state index contributed by atoms with van der Waals surface area (Å²) < 4.78 is 11.7. The van der Waals surface area contributed by atoms with Crippen molar-refractivity contribution in [2.45, 2.75) is 78.2 Å². The molecule has 2 unspecified atom stereocenters. The Morgan fingerprint density at radius 3 is 2.68 bits per heavy atom. The average Bonchev–Trinajstić information content (AvgIpc) is 2.89. The zero-order valence-electron chi connectivity index (χ0n) is 16.2. The van der Waals surface area contributed by atoms with Gasteiger partial charge in [-0.25, -0.2) is 4.99 Å². The third-order valence-corrected chi connectivity index (χ3v) is 4.59. The summed E-state index contributed by atoms with van der Waals surface area (Å²) in [7, 11) is 0. The number of nitrogens with one attached hydrogen (secondary N) is 1. The lowest BCUT2D eigenvalue weighted by molar-refractivity contribution is -0.144. The number of carbonyl (C=O) groups excluding carboxylic acids is 2. The van der Waals surface area contributed by atoms with Crippen LogP contribution in [0.1, 0.15) is 54.4 Å². The molecule has 0 spiro atoms. The number of carbonyl (C=O) groups is 2. The zero-order valence-corrected chi connectivity index (χ0v) is 16.2. The first-order valence-electron chi connectivity index (χ1n) is 9.12. The van der Waals surface area contributed by atoms with Crippen LogP contribution in [0.5, 0.6) is 0 Å². The Morgan fingerprint density at radius 1 is 1.40 bits per heavy atom. The third-order valence-electron chi connectivity index (χ3n) is 4.59. The van der Waals surface area contributed by atoms with Gasteiger partial charge in [0.2, 0.25) is 11.8 Å². The van der Waals surface area contributed by atoms with Gasteiger partial charge in [0.05, 0.1) is 12.6 Å². The van der Waals surface area contributed by atoms with Gasteiger partial charge in [-0.3, -0.25) is 9.59 Å². The third kappa shape index (κ3) is 5.09. The van der Waals surface area contributed by atoms with Crippen LogP contribution in [0.4, 0.5) is 0 Å². The number of rotatable bonds is 5. The summed E-state index contributed by atoms with van der Waals surface area (Å²) in [6.45, 7) is 12.4. The molecule has 2 heterocycles. The molecule has 2 amide bonds. The van der Waals surface area contributed by atoms with Crippen LogP contribution in [0.15, 0.2) is 4.99 Å². The van der Waals surface area contributed by atoms with Gasteiger partial charge in [0.15, 0.2) is 0 Å². The number of aliphatic imine (C=N–C) groups is 1. The quantitative estimate of drug-likeness (QED) is 0.816. The summed E-state index contributed by atoms with van der Waals surface area (Å²) in [5.41, 5.74) is -0.371. The largest absolute Gasteiger partial charge is 0.445 e. The molecule has 2 aliphatic heterocycles. The molecule has 0 aromatic heterocycles. The van der Waals surface area contributed by atoms with Crippen molar-refractivity contribution >= 4 is 17.9 Å². The summed E-state index contributed by atoms with van der Waals surface area (Å²) in [6.07, 6.45) is 1.81. The average molecular weight is 353 g/mol. The van der Waals surface area contributed by atoms with Crippen molar-refractivity contribution < 1.29 is 19.1 Å². The Balaban J connectivity index is 2.00. The second kappa shape index (κ2) is 7.62. The number of hydrogen-bond acceptors (Lipinski definition) is 5. The lowest BCUT2D eigenvalue weighted by Crippen LogP contribution is -2.57. The van der Waals surface area contributed by atoms with Gasteiger partial charge in [0.25, 0.3) is 0 Å². The molecular formula is C18H31N3O4. The Hall–Kier alpha value is -1.79. The molecule has 0 radical (unpaired) electrons. The molecule has 1 saturated heterocycles. The van der Waals surface area contributed by atoms with Gasteiger partial charge >= 0.3 is 6.08 Å². The van der Waals surface area contributed by atoms with Crippen LogP contribution in [-0.2, 0) is 19.1 Å². The highest BCUT2D eigenvalue weighted by atomic mass is 16.7. The minimum atomic E-state index is -0.466. The molecule has 0 aromatic carbocycles. The van der Waals surface area contributed by atoms with Crippen LogP contribution >= 0.6 is 0 Å². The molecule has 2 rings (SSSR count). The molecule has 1 fully saturated rings. The summed E-state index contributed by atoms with van der Waals surface area (Å²) in [5.74, 6) is 0.182. The van der Waals surface area contributed by atoms with Crippen LogP contribution in [0, 0.1) is 5.92 Å². The molecule has 1 N–H and O–H groups in total. The van der Waals surface area contributed by atoms with Gasteiger partial charge in [-0.1, -0.05) is 20.3 Å². The van der Waals surface area contributed by atoms with Crippen LogP contribution in [-0.4, -0.2) is 59.7 Å². The summed E-state index contributed by atoms with van der Waals surface area (Å²) in [6, 6.07) is -0.458. The fraction of sp³-hybridized carbons (Fsp3) is 0.833. The number of amides is 2. The first-order chi connectivity index (χ1) is 11.6. The van der Waals surface area contributed by atoms with Crippen molar-refractivity contribution in [2.24, 2.45) is 10.9 Å². The molecule has 4 atom stereocenters. The Morgan fingerprint density at radius 2 is 2.08 bits per heavy atom. The van der Waals surface area contributed by atoms with Crippen LogP contribution in [0.25, 0.3) is 0 Å². The van der Waals surface area contributed by atoms with E-state index in [4.69, 9.17) is 9.47 Å². The minimum Gasteiger partial charge on any atom is -0.445 e. The van der Waals surface area contributed by atoms with Gasteiger partial charge in [-0.15, -0.1) is 0 Å². The predicted molar refractivity (Wildman–Crippen MR) is 95.2 cm³/mol. The van der Waals surface area contributed by atoms with E-state index in [1.54, 1.807) is 11.8 Å². The minimum absolute atomic E-state index is 0.00786. The van der Waals surface area contributed by atoms with Crippen LogP contribution < -0.4 is 5.32 Å². The SMILES string of the molecule is CCC(C)[C@@H]1N=C(OC(C)(C)C)OC1CCN1CC(=O)N[C@@H](C)C1=O. The molecule has 0 bridgehead atoms. The molecule has 7 heteroatoms. The first kappa shape index (κ1) is 19.5. The Kier molecular flexibility index (Phi) is 5.95. The number of piperazine rings is 1. The highest BCUT2D eigenvalue weighted by Gasteiger charge is 2.38. The lowest BCUT2D eigenvalue weighted by atomic mass is 9.93. The van der Waals surface area contributed by atoms with E-state index in [-0.39, 0.29) is 36.1 Å². The van der Waals surface area contributed by atoms with E-state index < -0.39 is 6.04 Å². The standard InChI is InChI=1S/C18H31N3O4/c1-7-11(2)15-13(24-17(20-15)25-18(4,5)6)8-9-21-10-14(22)19-12(3)16(21)23/h11-13,15H,7-10H2,1-6H3,(H,19,22)/t11?,12-,13?,15-/m0/s1. The Bertz CT molecular complexity index is 541. The van der Waals surface area contributed by atoms with Crippen molar-refractivity contribution in [1.29, 1.82) is 0 Å². The van der Waals surface area contributed by atoms with Gasteiger partial charge in [-0.05, 0) is 33.6 Å². The van der Waals surface area contributed by atoms with Crippen LogP contribution in [0.3, 0.4) is 0 Å². The van der Waals surface area contributed by atoms with Crippen LogP contribution in [0.2, 0.25) is 0 Å².